The van der Waals surface area contributed by atoms with Gasteiger partial charge in [0.1, 0.15) is 0 Å². The number of pyridine rings is 1. The van der Waals surface area contributed by atoms with Crippen LogP contribution in [0.1, 0.15) is 35.3 Å². The zero-order chi connectivity index (χ0) is 14.3. The Kier molecular flexibility index (Phi) is 3.00. The molecule has 3 rings (SSSR count). The third kappa shape index (κ3) is 1.97. The maximum absolute atomic E-state index is 12.2. The molecule has 104 valence electrons. The monoisotopic (exact) mass is 274 g/mol. The summed E-state index contributed by atoms with van der Waals surface area (Å²) in [6.45, 7) is 0.0613. The summed E-state index contributed by atoms with van der Waals surface area (Å²) in [7, 11) is 0. The molecule has 1 aromatic rings. The Balaban J connectivity index is 1.81. The standard InChI is InChI=1S/C14H14N2O4/c17-12-10-2-1-3-11(10)13(18)16(12)7-9-6-8(14(19)20)4-5-15-9/h4-6,10-11H,1-3,7H2,(H,19,20). The van der Waals surface area contributed by atoms with Gasteiger partial charge in [0.15, 0.2) is 0 Å². The molecule has 1 N–H and O–H groups in total. The molecule has 0 spiro atoms. The van der Waals surface area contributed by atoms with Crippen LogP contribution in [0.15, 0.2) is 18.3 Å². The lowest BCUT2D eigenvalue weighted by molar-refractivity contribution is -0.141. The molecule has 1 saturated heterocycles. The van der Waals surface area contributed by atoms with Gasteiger partial charge in [-0.25, -0.2) is 4.79 Å². The van der Waals surface area contributed by atoms with Crippen molar-refractivity contribution >= 4 is 17.8 Å². The summed E-state index contributed by atoms with van der Waals surface area (Å²) >= 11 is 0. The number of aromatic carboxylic acids is 1. The zero-order valence-corrected chi connectivity index (χ0v) is 10.8. The summed E-state index contributed by atoms with van der Waals surface area (Å²) < 4.78 is 0. The van der Waals surface area contributed by atoms with Crippen molar-refractivity contribution in [1.82, 2.24) is 9.88 Å². The highest BCUT2D eigenvalue weighted by Gasteiger charge is 2.49. The lowest BCUT2D eigenvalue weighted by Crippen LogP contribution is -2.31. The molecule has 2 aliphatic rings. The van der Waals surface area contributed by atoms with Gasteiger partial charge in [0.2, 0.25) is 11.8 Å². The largest absolute Gasteiger partial charge is 0.478 e. The van der Waals surface area contributed by atoms with Gasteiger partial charge in [-0.05, 0) is 25.0 Å². The first-order valence-electron chi connectivity index (χ1n) is 6.61. The minimum absolute atomic E-state index is 0.0613. The number of carboxylic acid groups (broad SMARTS) is 1. The molecule has 1 aliphatic heterocycles. The quantitative estimate of drug-likeness (QED) is 0.833. The fourth-order valence-electron chi connectivity index (χ4n) is 3.08. The van der Waals surface area contributed by atoms with Crippen LogP contribution >= 0.6 is 0 Å². The Labute approximate surface area is 115 Å². The number of imide groups is 1. The number of hydrogen-bond acceptors (Lipinski definition) is 4. The van der Waals surface area contributed by atoms with E-state index < -0.39 is 5.97 Å². The van der Waals surface area contributed by atoms with Crippen molar-refractivity contribution in [2.75, 3.05) is 0 Å². The SMILES string of the molecule is O=C(O)c1ccnc(CN2C(=O)C3CCCC3C2=O)c1. The molecule has 1 aliphatic carbocycles. The highest BCUT2D eigenvalue weighted by molar-refractivity contribution is 6.05. The average Bonchev–Trinajstić information content (AvgIpc) is 2.99. The number of carbonyl (C=O) groups is 3. The van der Waals surface area contributed by atoms with E-state index in [2.05, 4.69) is 4.98 Å². The number of carbonyl (C=O) groups excluding carboxylic acids is 2. The Morgan fingerprint density at radius 1 is 1.30 bits per heavy atom. The van der Waals surface area contributed by atoms with E-state index >= 15 is 0 Å². The van der Waals surface area contributed by atoms with Gasteiger partial charge < -0.3 is 5.11 Å². The molecule has 0 bridgehead atoms. The second-order valence-electron chi connectivity index (χ2n) is 5.25. The first kappa shape index (κ1) is 12.8. The number of rotatable bonds is 3. The van der Waals surface area contributed by atoms with Crippen LogP contribution in [0.4, 0.5) is 0 Å². The van der Waals surface area contributed by atoms with Gasteiger partial charge in [0, 0.05) is 6.20 Å². The summed E-state index contributed by atoms with van der Waals surface area (Å²) in [5.74, 6) is -1.68. The van der Waals surface area contributed by atoms with Crippen molar-refractivity contribution in [2.45, 2.75) is 25.8 Å². The smallest absolute Gasteiger partial charge is 0.335 e. The summed E-state index contributed by atoms with van der Waals surface area (Å²) in [6, 6.07) is 2.78. The molecule has 6 heteroatoms. The Hall–Kier alpha value is -2.24. The van der Waals surface area contributed by atoms with E-state index in [1.54, 1.807) is 0 Å². The Bertz CT molecular complexity index is 577. The van der Waals surface area contributed by atoms with Crippen molar-refractivity contribution in [3.8, 4) is 0 Å². The van der Waals surface area contributed by atoms with Crippen molar-refractivity contribution in [2.24, 2.45) is 11.8 Å². The normalized spacial score (nSPS) is 25.1. The molecule has 1 aromatic heterocycles. The summed E-state index contributed by atoms with van der Waals surface area (Å²) in [5, 5.41) is 8.93. The van der Waals surface area contributed by atoms with E-state index in [9.17, 15) is 14.4 Å². The highest BCUT2D eigenvalue weighted by atomic mass is 16.4. The number of nitrogens with zero attached hydrogens (tertiary/aromatic N) is 2. The summed E-state index contributed by atoms with van der Waals surface area (Å²) in [5.41, 5.74) is 0.529. The van der Waals surface area contributed by atoms with Crippen molar-refractivity contribution in [3.63, 3.8) is 0 Å². The third-order valence-electron chi connectivity index (χ3n) is 4.07. The van der Waals surface area contributed by atoms with E-state index in [1.807, 2.05) is 0 Å². The lowest BCUT2D eigenvalue weighted by Gasteiger charge is -2.15. The number of fused-ring (bicyclic) bond motifs is 1. The van der Waals surface area contributed by atoms with E-state index in [0.29, 0.717) is 5.69 Å². The Morgan fingerprint density at radius 2 is 1.95 bits per heavy atom. The van der Waals surface area contributed by atoms with Crippen LogP contribution in [0.25, 0.3) is 0 Å². The van der Waals surface area contributed by atoms with Crippen LogP contribution in [0.3, 0.4) is 0 Å². The van der Waals surface area contributed by atoms with E-state index in [1.165, 1.54) is 23.2 Å². The second kappa shape index (κ2) is 4.70. The van der Waals surface area contributed by atoms with Gasteiger partial charge >= 0.3 is 5.97 Å². The number of aromatic nitrogens is 1. The van der Waals surface area contributed by atoms with Gasteiger partial charge in [0.05, 0.1) is 29.6 Å². The molecule has 20 heavy (non-hydrogen) atoms. The minimum atomic E-state index is -1.05. The van der Waals surface area contributed by atoms with Crippen molar-refractivity contribution in [1.29, 1.82) is 0 Å². The van der Waals surface area contributed by atoms with Crippen LogP contribution in [0, 0.1) is 11.8 Å². The minimum Gasteiger partial charge on any atom is -0.478 e. The predicted octanol–water partition coefficient (Wildman–Crippen LogP) is 1.06. The van der Waals surface area contributed by atoms with Crippen molar-refractivity contribution in [3.05, 3.63) is 29.6 Å². The molecular formula is C14H14N2O4. The van der Waals surface area contributed by atoms with E-state index in [4.69, 9.17) is 5.11 Å². The maximum atomic E-state index is 12.2. The van der Waals surface area contributed by atoms with Crippen LogP contribution in [0.2, 0.25) is 0 Å². The second-order valence-corrected chi connectivity index (χ2v) is 5.25. The van der Waals surface area contributed by atoms with Crippen molar-refractivity contribution < 1.29 is 19.5 Å². The molecule has 6 nitrogen and oxygen atoms in total. The third-order valence-corrected chi connectivity index (χ3v) is 4.07. The van der Waals surface area contributed by atoms with Gasteiger partial charge in [-0.2, -0.15) is 0 Å². The molecule has 1 saturated carbocycles. The van der Waals surface area contributed by atoms with Crippen LogP contribution in [0.5, 0.6) is 0 Å². The Morgan fingerprint density at radius 3 is 2.55 bits per heavy atom. The zero-order valence-electron chi connectivity index (χ0n) is 10.8. The van der Waals surface area contributed by atoms with Gasteiger partial charge in [-0.3, -0.25) is 19.5 Å². The van der Waals surface area contributed by atoms with Gasteiger partial charge in [-0.1, -0.05) is 6.42 Å². The predicted molar refractivity (Wildman–Crippen MR) is 67.6 cm³/mol. The van der Waals surface area contributed by atoms with Gasteiger partial charge in [0.25, 0.3) is 0 Å². The molecule has 0 aromatic carbocycles. The molecule has 2 heterocycles. The van der Waals surface area contributed by atoms with E-state index in [-0.39, 0.29) is 35.8 Å². The topological polar surface area (TPSA) is 87.6 Å². The van der Waals surface area contributed by atoms with Gasteiger partial charge in [-0.15, -0.1) is 0 Å². The summed E-state index contributed by atoms with van der Waals surface area (Å²) in [4.78, 5) is 40.5. The maximum Gasteiger partial charge on any atom is 0.335 e. The number of likely N-dealkylation sites (tertiary alicyclic amines) is 1. The first-order valence-corrected chi connectivity index (χ1v) is 6.61. The lowest BCUT2D eigenvalue weighted by atomic mass is 10.00. The fourth-order valence-corrected chi connectivity index (χ4v) is 3.08. The molecule has 2 amide bonds. The number of hydrogen-bond donors (Lipinski definition) is 1. The molecular weight excluding hydrogens is 260 g/mol. The molecule has 2 unspecified atom stereocenters. The molecule has 2 atom stereocenters. The average molecular weight is 274 g/mol. The van der Waals surface area contributed by atoms with Crippen LogP contribution in [-0.2, 0) is 16.1 Å². The van der Waals surface area contributed by atoms with Crippen LogP contribution < -0.4 is 0 Å². The van der Waals surface area contributed by atoms with Crippen LogP contribution in [-0.4, -0.2) is 32.8 Å². The highest BCUT2D eigenvalue weighted by Crippen LogP contribution is 2.40. The fraction of sp³-hybridized carbons (Fsp3) is 0.429. The first-order chi connectivity index (χ1) is 9.58. The number of amides is 2. The summed E-state index contributed by atoms with van der Waals surface area (Å²) in [6.07, 6.45) is 3.85. The van der Waals surface area contributed by atoms with E-state index in [0.717, 1.165) is 19.3 Å². The molecule has 2 fully saturated rings. The number of carboxylic acids is 1. The molecule has 0 radical (unpaired) electrons.